The van der Waals surface area contributed by atoms with Crippen molar-refractivity contribution in [2.75, 3.05) is 11.9 Å². The first-order valence-electron chi connectivity index (χ1n) is 12.3. The van der Waals surface area contributed by atoms with Crippen LogP contribution in [0.3, 0.4) is 0 Å². The quantitative estimate of drug-likeness (QED) is 0.218. The van der Waals surface area contributed by atoms with Crippen LogP contribution < -0.4 is 10.6 Å². The SMILES string of the molecule is CCNC(=O)c1cc(Cl)cc(C)c1NC(=O)c1cc(Cn2cc(C(F)(F)C(F)(F)C(F)(F)F)nn2)nn1-c1ncccc1Cl. The molecule has 0 spiro atoms. The van der Waals surface area contributed by atoms with Gasteiger partial charge in [-0.3, -0.25) is 9.59 Å². The van der Waals surface area contributed by atoms with Crippen LogP contribution in [0.25, 0.3) is 5.82 Å². The summed E-state index contributed by atoms with van der Waals surface area (Å²) in [6, 6.07) is 6.89. The number of aromatic nitrogens is 6. The third-order valence-electron chi connectivity index (χ3n) is 5.99. The number of carbonyl (C=O) groups is 2. The number of nitrogens with one attached hydrogen (secondary N) is 2. The minimum Gasteiger partial charge on any atom is -0.352 e. The van der Waals surface area contributed by atoms with E-state index in [4.69, 9.17) is 23.2 Å². The van der Waals surface area contributed by atoms with Gasteiger partial charge in [0.2, 0.25) is 0 Å². The summed E-state index contributed by atoms with van der Waals surface area (Å²) >= 11 is 12.4. The standard InChI is InChI=1S/C25H19Cl2F7N8O2/c1-3-35-21(43)15-8-13(26)7-12(2)19(15)37-22(44)17-9-14(39-42(17)20-16(27)5-4-6-36-20)10-41-11-18(38-40-41)23(28,29)24(30,31)25(32,33)34/h4-9,11H,3,10H2,1-2H3,(H,35,43)(H,37,44). The maximum absolute atomic E-state index is 14.1. The number of pyridine rings is 1. The molecule has 19 heteroatoms. The van der Waals surface area contributed by atoms with Crippen molar-refractivity contribution in [1.29, 1.82) is 0 Å². The molecule has 10 nitrogen and oxygen atoms in total. The third-order valence-corrected chi connectivity index (χ3v) is 6.50. The summed E-state index contributed by atoms with van der Waals surface area (Å²) in [6.45, 7) is 2.94. The van der Waals surface area contributed by atoms with Gasteiger partial charge < -0.3 is 10.6 Å². The van der Waals surface area contributed by atoms with Gasteiger partial charge in [-0.1, -0.05) is 28.4 Å². The Morgan fingerprint density at radius 3 is 2.36 bits per heavy atom. The smallest absolute Gasteiger partial charge is 0.352 e. The molecule has 0 bridgehead atoms. The van der Waals surface area contributed by atoms with E-state index >= 15 is 0 Å². The molecule has 0 radical (unpaired) electrons. The van der Waals surface area contributed by atoms with Crippen LogP contribution in [0.2, 0.25) is 10.0 Å². The van der Waals surface area contributed by atoms with Crippen molar-refractivity contribution in [2.45, 2.75) is 38.4 Å². The zero-order chi connectivity index (χ0) is 32.6. The molecule has 2 amide bonds. The van der Waals surface area contributed by atoms with Crippen molar-refractivity contribution in [3.63, 3.8) is 0 Å². The number of alkyl halides is 7. The number of anilines is 1. The fourth-order valence-corrected chi connectivity index (χ4v) is 4.38. The zero-order valence-corrected chi connectivity index (χ0v) is 23.9. The number of carbonyl (C=O) groups excluding carboxylic acids is 2. The molecule has 234 valence electrons. The molecule has 1 aromatic carbocycles. The Bertz CT molecular complexity index is 1720. The Kier molecular flexibility index (Phi) is 8.93. The lowest BCUT2D eigenvalue weighted by atomic mass is 10.1. The van der Waals surface area contributed by atoms with E-state index in [0.29, 0.717) is 10.2 Å². The van der Waals surface area contributed by atoms with E-state index in [-0.39, 0.29) is 51.2 Å². The fourth-order valence-electron chi connectivity index (χ4n) is 3.91. The highest BCUT2D eigenvalue weighted by molar-refractivity contribution is 6.32. The lowest BCUT2D eigenvalue weighted by Gasteiger charge is -2.26. The van der Waals surface area contributed by atoms with Crippen LogP contribution >= 0.6 is 23.2 Å². The highest BCUT2D eigenvalue weighted by Gasteiger charge is 2.74. The molecular formula is C25H19Cl2F7N8O2. The Labute approximate surface area is 253 Å². The molecule has 2 N–H and O–H groups in total. The van der Waals surface area contributed by atoms with Gasteiger partial charge in [-0.15, -0.1) is 5.10 Å². The number of nitrogens with zero attached hydrogens (tertiary/aromatic N) is 6. The maximum Gasteiger partial charge on any atom is 0.460 e. The molecule has 4 rings (SSSR count). The summed E-state index contributed by atoms with van der Waals surface area (Å²) in [5, 5.41) is 15.7. The van der Waals surface area contributed by atoms with Gasteiger partial charge in [0.25, 0.3) is 11.8 Å². The first kappa shape index (κ1) is 32.7. The van der Waals surface area contributed by atoms with Crippen LogP contribution in [0.1, 0.15) is 44.7 Å². The van der Waals surface area contributed by atoms with Crippen LogP contribution in [0.4, 0.5) is 36.4 Å². The zero-order valence-electron chi connectivity index (χ0n) is 22.4. The average Bonchev–Trinajstić information content (AvgIpc) is 3.57. The highest BCUT2D eigenvalue weighted by atomic mass is 35.5. The molecular weight excluding hydrogens is 648 g/mol. The third kappa shape index (κ3) is 6.19. The number of hydrogen-bond donors (Lipinski definition) is 2. The Hall–Kier alpha value is -4.25. The minimum atomic E-state index is -6.57. The largest absolute Gasteiger partial charge is 0.460 e. The second kappa shape index (κ2) is 12.0. The molecule has 3 aromatic heterocycles. The number of hydrogen-bond acceptors (Lipinski definition) is 6. The molecule has 3 heterocycles. The van der Waals surface area contributed by atoms with E-state index in [2.05, 4.69) is 31.0 Å². The monoisotopic (exact) mass is 666 g/mol. The van der Waals surface area contributed by atoms with Crippen molar-refractivity contribution >= 4 is 40.7 Å². The first-order chi connectivity index (χ1) is 20.5. The van der Waals surface area contributed by atoms with E-state index in [1.54, 1.807) is 13.8 Å². The molecule has 0 saturated heterocycles. The number of rotatable bonds is 9. The highest BCUT2D eigenvalue weighted by Crippen LogP contribution is 2.51. The molecule has 0 saturated carbocycles. The van der Waals surface area contributed by atoms with Gasteiger partial charge in [0.15, 0.2) is 11.5 Å². The number of amides is 2. The van der Waals surface area contributed by atoms with E-state index in [1.165, 1.54) is 30.5 Å². The Balaban J connectivity index is 1.73. The van der Waals surface area contributed by atoms with Crippen molar-refractivity contribution in [2.24, 2.45) is 0 Å². The fraction of sp³-hybridized carbons (Fsp3) is 0.280. The van der Waals surface area contributed by atoms with Gasteiger partial charge in [-0.25, -0.2) is 14.3 Å². The summed E-state index contributed by atoms with van der Waals surface area (Å²) in [6.07, 6.45) is -5.04. The molecule has 0 unspecified atom stereocenters. The molecule has 0 aliphatic heterocycles. The Morgan fingerprint density at radius 1 is 1.02 bits per heavy atom. The van der Waals surface area contributed by atoms with Crippen LogP contribution in [0.15, 0.2) is 42.7 Å². The summed E-state index contributed by atoms with van der Waals surface area (Å²) in [5.74, 6) is -13.6. The van der Waals surface area contributed by atoms with Crippen LogP contribution in [-0.2, 0) is 12.5 Å². The second-order valence-electron chi connectivity index (χ2n) is 9.15. The number of aryl methyl sites for hydroxylation is 1. The van der Waals surface area contributed by atoms with E-state index < -0.39 is 42.1 Å². The van der Waals surface area contributed by atoms with Gasteiger partial charge >= 0.3 is 18.0 Å². The summed E-state index contributed by atoms with van der Waals surface area (Å²) < 4.78 is 94.5. The molecule has 0 atom stereocenters. The number of benzene rings is 1. The molecule has 4 aromatic rings. The van der Waals surface area contributed by atoms with Crippen molar-refractivity contribution in [3.05, 3.63) is 81.0 Å². The summed E-state index contributed by atoms with van der Waals surface area (Å²) in [4.78, 5) is 30.3. The molecule has 0 aliphatic rings. The van der Waals surface area contributed by atoms with Gasteiger partial charge in [-0.2, -0.15) is 35.8 Å². The predicted molar refractivity (Wildman–Crippen MR) is 143 cm³/mol. The van der Waals surface area contributed by atoms with Gasteiger partial charge in [0, 0.05) is 17.8 Å². The van der Waals surface area contributed by atoms with E-state index in [0.717, 1.165) is 10.7 Å². The number of halogens is 9. The van der Waals surface area contributed by atoms with Crippen molar-refractivity contribution < 1.29 is 40.3 Å². The second-order valence-corrected chi connectivity index (χ2v) is 9.99. The van der Waals surface area contributed by atoms with Gasteiger partial charge in [0.1, 0.15) is 5.69 Å². The molecule has 0 fully saturated rings. The topological polar surface area (TPSA) is 120 Å². The molecule has 0 aliphatic carbocycles. The van der Waals surface area contributed by atoms with Crippen molar-refractivity contribution in [1.82, 2.24) is 35.1 Å². The maximum atomic E-state index is 14.1. The van der Waals surface area contributed by atoms with E-state index in [9.17, 15) is 40.3 Å². The lowest BCUT2D eigenvalue weighted by molar-refractivity contribution is -0.360. The summed E-state index contributed by atoms with van der Waals surface area (Å²) in [7, 11) is 0. The Morgan fingerprint density at radius 2 is 1.73 bits per heavy atom. The van der Waals surface area contributed by atoms with Crippen LogP contribution in [-0.4, -0.2) is 60.2 Å². The minimum absolute atomic E-state index is 0.0268. The molecule has 44 heavy (non-hydrogen) atoms. The average molecular weight is 667 g/mol. The van der Waals surface area contributed by atoms with Crippen molar-refractivity contribution in [3.8, 4) is 5.82 Å². The van der Waals surface area contributed by atoms with Crippen LogP contribution in [0, 0.1) is 6.92 Å². The van der Waals surface area contributed by atoms with Gasteiger partial charge in [-0.05, 0) is 49.7 Å². The van der Waals surface area contributed by atoms with Crippen LogP contribution in [0.5, 0.6) is 0 Å². The lowest BCUT2D eigenvalue weighted by Crippen LogP contribution is -2.50. The first-order valence-corrected chi connectivity index (χ1v) is 13.1. The van der Waals surface area contributed by atoms with E-state index in [1.807, 2.05) is 0 Å². The normalized spacial score (nSPS) is 12.3. The summed E-state index contributed by atoms with van der Waals surface area (Å²) in [5.41, 5.74) is -1.75. The predicted octanol–water partition coefficient (Wildman–Crippen LogP) is 5.81. The van der Waals surface area contributed by atoms with Gasteiger partial charge in [0.05, 0.1) is 34.7 Å².